The van der Waals surface area contributed by atoms with Crippen molar-refractivity contribution in [3.05, 3.63) is 53.1 Å². The van der Waals surface area contributed by atoms with Gasteiger partial charge in [0.05, 0.1) is 16.1 Å². The Morgan fingerprint density at radius 3 is 2.28 bits per heavy atom. The van der Waals surface area contributed by atoms with E-state index in [0.29, 0.717) is 37.6 Å². The SMILES string of the molecule is CC(C)(C)OC(=O)NCCCCNc1nc(NCC2CCC(CNS(=O)(=O)c3cc(C(F)(F)F)ccc3Cl)CC2)nc2ccccc12. The number of halogens is 4. The van der Waals surface area contributed by atoms with Gasteiger partial charge in [0.1, 0.15) is 16.3 Å². The Morgan fingerprint density at radius 2 is 1.60 bits per heavy atom. The quantitative estimate of drug-likeness (QED) is 0.138. The predicted octanol–water partition coefficient (Wildman–Crippen LogP) is 7.22. The molecule has 1 saturated carbocycles. The first kappa shape index (κ1) is 36.5. The number of anilines is 2. The molecule has 1 amide bonds. The monoisotopic (exact) mass is 698 g/mol. The van der Waals surface area contributed by atoms with E-state index in [-0.39, 0.29) is 17.5 Å². The molecule has 10 nitrogen and oxygen atoms in total. The Balaban J connectivity index is 1.24. The summed E-state index contributed by atoms with van der Waals surface area (Å²) >= 11 is 5.94. The van der Waals surface area contributed by atoms with Gasteiger partial charge < -0.3 is 20.7 Å². The van der Waals surface area contributed by atoms with Crippen molar-refractivity contribution in [1.82, 2.24) is 20.0 Å². The highest BCUT2D eigenvalue weighted by Gasteiger charge is 2.33. The number of hydrogen-bond donors (Lipinski definition) is 4. The Morgan fingerprint density at radius 1 is 0.936 bits per heavy atom. The number of carbonyl (C=O) groups excluding carboxylic acids is 1. The number of alkyl halides is 3. The summed E-state index contributed by atoms with van der Waals surface area (Å²) in [5.74, 6) is 1.60. The molecule has 4 rings (SSSR count). The minimum atomic E-state index is -4.68. The van der Waals surface area contributed by atoms with Crippen molar-refractivity contribution in [1.29, 1.82) is 0 Å². The molecule has 47 heavy (non-hydrogen) atoms. The number of alkyl carbamates (subject to hydrolysis) is 1. The minimum absolute atomic E-state index is 0.0534. The van der Waals surface area contributed by atoms with E-state index in [9.17, 15) is 26.4 Å². The van der Waals surface area contributed by atoms with Crippen molar-refractivity contribution in [2.75, 3.05) is 36.8 Å². The first-order chi connectivity index (χ1) is 22.1. The highest BCUT2D eigenvalue weighted by molar-refractivity contribution is 7.89. The second kappa shape index (κ2) is 15.7. The summed E-state index contributed by atoms with van der Waals surface area (Å²) in [7, 11) is -4.21. The topological polar surface area (TPSA) is 134 Å². The van der Waals surface area contributed by atoms with Crippen LogP contribution in [0.15, 0.2) is 47.4 Å². The second-order valence-electron chi connectivity index (χ2n) is 12.7. The third-order valence-electron chi connectivity index (χ3n) is 7.79. The van der Waals surface area contributed by atoms with Gasteiger partial charge in [-0.25, -0.2) is 22.9 Å². The molecule has 0 spiro atoms. The van der Waals surface area contributed by atoms with E-state index >= 15 is 0 Å². The molecule has 4 N–H and O–H groups in total. The lowest BCUT2D eigenvalue weighted by molar-refractivity contribution is -0.137. The third kappa shape index (κ3) is 11.1. The van der Waals surface area contributed by atoms with Crippen molar-refractivity contribution in [3.63, 3.8) is 0 Å². The van der Waals surface area contributed by atoms with E-state index in [1.807, 2.05) is 45.0 Å². The number of ether oxygens (including phenoxy) is 1. The standard InChI is InChI=1S/C32H42ClF3N6O4S/c1-31(2,3)46-30(43)38-17-7-6-16-37-28-24-8-4-5-9-26(24)41-29(42-28)39-19-21-10-12-22(13-11-21)20-40-47(44,45)27-18-23(32(34,35)36)14-15-25(27)33/h4-5,8-9,14-15,18,21-22,40H,6-7,10-13,16-17,19-20H2,1-3H3,(H,38,43)(H2,37,39,41,42). The number of unbranched alkanes of at least 4 members (excludes halogenated alkanes) is 1. The van der Waals surface area contributed by atoms with Gasteiger partial charge in [-0.15, -0.1) is 0 Å². The number of sulfonamides is 1. The normalized spacial score (nSPS) is 17.3. The van der Waals surface area contributed by atoms with Gasteiger partial charge in [0, 0.05) is 31.6 Å². The van der Waals surface area contributed by atoms with Crippen molar-refractivity contribution < 1.29 is 31.1 Å². The zero-order valence-electron chi connectivity index (χ0n) is 26.7. The number of para-hydroxylation sites is 1. The number of rotatable bonds is 13. The number of carbonyl (C=O) groups is 1. The lowest BCUT2D eigenvalue weighted by atomic mass is 9.82. The summed E-state index contributed by atoms with van der Waals surface area (Å²) < 4.78 is 72.6. The van der Waals surface area contributed by atoms with Crippen LogP contribution in [-0.2, 0) is 20.9 Å². The van der Waals surface area contributed by atoms with Gasteiger partial charge in [-0.1, -0.05) is 23.7 Å². The smallest absolute Gasteiger partial charge is 0.416 e. The Kier molecular flexibility index (Phi) is 12.2. The number of nitrogens with zero attached hydrogens (tertiary/aromatic N) is 2. The lowest BCUT2D eigenvalue weighted by Gasteiger charge is -2.28. The van der Waals surface area contributed by atoms with E-state index in [1.54, 1.807) is 0 Å². The van der Waals surface area contributed by atoms with Crippen LogP contribution < -0.4 is 20.7 Å². The molecule has 1 aromatic heterocycles. The van der Waals surface area contributed by atoms with Crippen molar-refractivity contribution in [3.8, 4) is 0 Å². The maximum Gasteiger partial charge on any atom is 0.416 e. The fraction of sp³-hybridized carbons (Fsp3) is 0.531. The number of hydrogen-bond acceptors (Lipinski definition) is 8. The molecular weight excluding hydrogens is 657 g/mol. The zero-order valence-corrected chi connectivity index (χ0v) is 28.3. The van der Waals surface area contributed by atoms with Gasteiger partial charge in [0.15, 0.2) is 0 Å². The molecule has 3 aromatic rings. The van der Waals surface area contributed by atoms with Gasteiger partial charge in [-0.05, 0) is 101 Å². The van der Waals surface area contributed by atoms with Crippen LogP contribution in [0, 0.1) is 11.8 Å². The number of nitrogens with one attached hydrogen (secondary N) is 4. The summed E-state index contributed by atoms with van der Waals surface area (Å²) in [6.45, 7) is 7.39. The van der Waals surface area contributed by atoms with E-state index in [1.165, 1.54) is 0 Å². The third-order valence-corrected chi connectivity index (χ3v) is 9.70. The molecule has 15 heteroatoms. The van der Waals surface area contributed by atoms with E-state index in [0.717, 1.165) is 67.4 Å². The average Bonchev–Trinajstić information content (AvgIpc) is 3.00. The lowest BCUT2D eigenvalue weighted by Crippen LogP contribution is -2.33. The average molecular weight is 699 g/mol. The fourth-order valence-corrected chi connectivity index (χ4v) is 6.96. The fourth-order valence-electron chi connectivity index (χ4n) is 5.32. The molecule has 1 fully saturated rings. The molecule has 0 unspecified atom stereocenters. The first-order valence-electron chi connectivity index (χ1n) is 15.7. The van der Waals surface area contributed by atoms with E-state index in [2.05, 4.69) is 25.7 Å². The van der Waals surface area contributed by atoms with Crippen molar-refractivity contribution in [2.45, 2.75) is 76.0 Å². The summed E-state index contributed by atoms with van der Waals surface area (Å²) in [6.07, 6.45) is -0.313. The minimum Gasteiger partial charge on any atom is -0.444 e. The van der Waals surface area contributed by atoms with Crippen LogP contribution in [0.5, 0.6) is 0 Å². The predicted molar refractivity (Wildman–Crippen MR) is 177 cm³/mol. The van der Waals surface area contributed by atoms with Crippen LogP contribution >= 0.6 is 11.6 Å². The maximum atomic E-state index is 13.1. The highest BCUT2D eigenvalue weighted by Crippen LogP contribution is 2.34. The molecule has 1 aliphatic rings. The molecule has 0 atom stereocenters. The Bertz CT molecular complexity index is 1630. The molecule has 2 aromatic carbocycles. The van der Waals surface area contributed by atoms with Gasteiger partial charge in [0.2, 0.25) is 16.0 Å². The number of amides is 1. The second-order valence-corrected chi connectivity index (χ2v) is 14.9. The van der Waals surface area contributed by atoms with Gasteiger partial charge in [-0.2, -0.15) is 18.2 Å². The number of fused-ring (bicyclic) bond motifs is 1. The Hall–Kier alpha value is -3.36. The molecular formula is C32H42ClF3N6O4S. The highest BCUT2D eigenvalue weighted by atomic mass is 35.5. The molecule has 1 aliphatic carbocycles. The number of aromatic nitrogens is 2. The van der Waals surface area contributed by atoms with Crippen LogP contribution in [0.3, 0.4) is 0 Å². The van der Waals surface area contributed by atoms with Gasteiger partial charge in [0.25, 0.3) is 0 Å². The van der Waals surface area contributed by atoms with Crippen LogP contribution in [0.1, 0.15) is 64.9 Å². The first-order valence-corrected chi connectivity index (χ1v) is 17.5. The van der Waals surface area contributed by atoms with Crippen molar-refractivity contribution in [2.24, 2.45) is 11.8 Å². The molecule has 0 radical (unpaired) electrons. The van der Waals surface area contributed by atoms with Crippen LogP contribution in [0.4, 0.5) is 29.7 Å². The molecule has 258 valence electrons. The molecule has 0 bridgehead atoms. The van der Waals surface area contributed by atoms with E-state index < -0.39 is 38.4 Å². The summed E-state index contributed by atoms with van der Waals surface area (Å²) in [5, 5.41) is 10.2. The van der Waals surface area contributed by atoms with Crippen LogP contribution in [0.2, 0.25) is 5.02 Å². The maximum absolute atomic E-state index is 13.1. The number of benzene rings is 2. The van der Waals surface area contributed by atoms with E-state index in [4.69, 9.17) is 21.3 Å². The molecule has 1 heterocycles. The summed E-state index contributed by atoms with van der Waals surface area (Å²) in [6, 6.07) is 10.0. The zero-order chi connectivity index (χ0) is 34.2. The van der Waals surface area contributed by atoms with Crippen LogP contribution in [0.25, 0.3) is 10.9 Å². The largest absolute Gasteiger partial charge is 0.444 e. The van der Waals surface area contributed by atoms with Gasteiger partial charge >= 0.3 is 12.3 Å². The Labute approximate surface area is 278 Å². The molecule has 0 saturated heterocycles. The van der Waals surface area contributed by atoms with Gasteiger partial charge in [-0.3, -0.25) is 0 Å². The summed E-state index contributed by atoms with van der Waals surface area (Å²) in [4.78, 5) is 20.6. The van der Waals surface area contributed by atoms with Crippen molar-refractivity contribution >= 4 is 50.4 Å². The van der Waals surface area contributed by atoms with Crippen LogP contribution in [-0.4, -0.2) is 56.3 Å². The molecule has 0 aliphatic heterocycles. The summed E-state index contributed by atoms with van der Waals surface area (Å²) in [5.41, 5.74) is -0.807.